The molecule has 0 aromatic rings. The largest absolute Gasteiger partial charge is 0.450 e. The van der Waals surface area contributed by atoms with Crippen LogP contribution in [0.3, 0.4) is 0 Å². The molecule has 0 saturated carbocycles. The van der Waals surface area contributed by atoms with E-state index in [0.29, 0.717) is 12.6 Å². The smallest absolute Gasteiger partial charge is 0.409 e. The second-order valence-electron chi connectivity index (χ2n) is 5.33. The van der Waals surface area contributed by atoms with Gasteiger partial charge in [-0.1, -0.05) is 5.16 Å². The van der Waals surface area contributed by atoms with Gasteiger partial charge in [0.05, 0.1) is 12.3 Å². The van der Waals surface area contributed by atoms with Gasteiger partial charge in [0.2, 0.25) is 0 Å². The number of oxime groups is 1. The van der Waals surface area contributed by atoms with E-state index in [4.69, 9.17) is 9.57 Å². The van der Waals surface area contributed by atoms with Crippen LogP contribution in [0.2, 0.25) is 0 Å². The van der Waals surface area contributed by atoms with Crippen LogP contribution in [0.25, 0.3) is 0 Å². The number of carbonyl (C=O) groups is 1. The fraction of sp³-hybridized carbons (Fsp3) is 0.857. The van der Waals surface area contributed by atoms with Gasteiger partial charge in [-0.25, -0.2) is 4.79 Å². The van der Waals surface area contributed by atoms with Gasteiger partial charge in [-0.3, -0.25) is 4.90 Å². The Morgan fingerprint density at radius 1 is 1.33 bits per heavy atom. The van der Waals surface area contributed by atoms with E-state index in [0.717, 1.165) is 57.6 Å². The lowest BCUT2D eigenvalue weighted by atomic mass is 9.99. The summed E-state index contributed by atoms with van der Waals surface area (Å²) < 4.78 is 5.05. The van der Waals surface area contributed by atoms with Crippen LogP contribution in [0.5, 0.6) is 0 Å². The summed E-state index contributed by atoms with van der Waals surface area (Å²) in [5.74, 6) is 0. The average Bonchev–Trinajstić information content (AvgIpc) is 2.48. The average molecular weight is 320 g/mol. The van der Waals surface area contributed by atoms with Crippen molar-refractivity contribution in [3.8, 4) is 0 Å². The van der Waals surface area contributed by atoms with Gasteiger partial charge in [0, 0.05) is 25.7 Å². The normalized spacial score (nSPS) is 22.8. The minimum atomic E-state index is -0.175. The maximum atomic E-state index is 11.7. The molecule has 7 heteroatoms. The molecule has 0 aliphatic carbocycles. The third-order valence-corrected chi connectivity index (χ3v) is 4.02. The minimum absolute atomic E-state index is 0. The standard InChI is InChI=1S/C14H25N3O3.ClH/c1-3-20-14(18)16-9-6-13(7-10-16)17-8-4-5-12(11-17)15-19-2;/h13H,3-11H2,1-2H3;1H/b15-12+;. The highest BCUT2D eigenvalue weighted by atomic mass is 35.5. The highest BCUT2D eigenvalue weighted by molar-refractivity contribution is 5.86. The van der Waals surface area contributed by atoms with Crippen LogP contribution in [0.15, 0.2) is 5.16 Å². The molecule has 0 aromatic carbocycles. The van der Waals surface area contributed by atoms with Crippen LogP contribution in [-0.4, -0.2) is 67.5 Å². The van der Waals surface area contributed by atoms with Gasteiger partial charge in [-0.05, 0) is 39.2 Å². The summed E-state index contributed by atoms with van der Waals surface area (Å²) in [6.07, 6.45) is 4.02. The fourth-order valence-corrected chi connectivity index (χ4v) is 3.02. The number of hydrogen-bond donors (Lipinski definition) is 0. The van der Waals surface area contributed by atoms with Gasteiger partial charge in [0.1, 0.15) is 7.11 Å². The van der Waals surface area contributed by atoms with Crippen LogP contribution in [0.1, 0.15) is 32.6 Å². The molecular formula is C14H26ClN3O3. The Balaban J connectivity index is 0.00000220. The van der Waals surface area contributed by atoms with Crippen molar-refractivity contribution in [2.24, 2.45) is 5.16 Å². The molecular weight excluding hydrogens is 294 g/mol. The minimum Gasteiger partial charge on any atom is -0.450 e. The molecule has 1 amide bonds. The van der Waals surface area contributed by atoms with E-state index >= 15 is 0 Å². The van der Waals surface area contributed by atoms with Crippen LogP contribution in [0.4, 0.5) is 4.79 Å². The lowest BCUT2D eigenvalue weighted by Crippen LogP contribution is -2.49. The van der Waals surface area contributed by atoms with E-state index in [1.165, 1.54) is 0 Å². The molecule has 2 heterocycles. The van der Waals surface area contributed by atoms with Gasteiger partial charge in [0.15, 0.2) is 0 Å². The molecule has 0 aromatic heterocycles. The molecule has 2 aliphatic rings. The molecule has 0 atom stereocenters. The summed E-state index contributed by atoms with van der Waals surface area (Å²) in [5.41, 5.74) is 1.13. The number of amides is 1. The Hall–Kier alpha value is -1.01. The van der Waals surface area contributed by atoms with Crippen molar-refractivity contribution in [2.45, 2.75) is 38.6 Å². The number of ether oxygens (including phenoxy) is 1. The number of likely N-dealkylation sites (tertiary alicyclic amines) is 2. The Bertz CT molecular complexity index is 357. The van der Waals surface area contributed by atoms with Crippen LogP contribution in [-0.2, 0) is 9.57 Å². The molecule has 2 saturated heterocycles. The van der Waals surface area contributed by atoms with Crippen molar-refractivity contribution in [1.82, 2.24) is 9.80 Å². The van der Waals surface area contributed by atoms with Gasteiger partial charge >= 0.3 is 6.09 Å². The van der Waals surface area contributed by atoms with Crippen molar-refractivity contribution in [3.63, 3.8) is 0 Å². The summed E-state index contributed by atoms with van der Waals surface area (Å²) >= 11 is 0. The maximum Gasteiger partial charge on any atom is 0.409 e. The number of carbonyl (C=O) groups excluding carboxylic acids is 1. The molecule has 21 heavy (non-hydrogen) atoms. The molecule has 0 N–H and O–H groups in total. The van der Waals surface area contributed by atoms with Crippen LogP contribution >= 0.6 is 12.4 Å². The Morgan fingerprint density at radius 3 is 2.67 bits per heavy atom. The van der Waals surface area contributed by atoms with Gasteiger partial charge < -0.3 is 14.5 Å². The summed E-state index contributed by atoms with van der Waals surface area (Å²) in [4.78, 5) is 20.8. The quantitative estimate of drug-likeness (QED) is 0.748. The lowest BCUT2D eigenvalue weighted by molar-refractivity contribution is 0.0763. The number of halogens is 1. The van der Waals surface area contributed by atoms with E-state index < -0.39 is 0 Å². The first-order valence-corrected chi connectivity index (χ1v) is 7.49. The zero-order valence-corrected chi connectivity index (χ0v) is 13.7. The van der Waals surface area contributed by atoms with Crippen LogP contribution < -0.4 is 0 Å². The molecule has 0 radical (unpaired) electrons. The third-order valence-electron chi connectivity index (χ3n) is 4.02. The first-order chi connectivity index (χ1) is 9.74. The topological polar surface area (TPSA) is 54.4 Å². The first-order valence-electron chi connectivity index (χ1n) is 7.49. The van der Waals surface area contributed by atoms with E-state index in [-0.39, 0.29) is 18.5 Å². The Labute approximate surface area is 132 Å². The highest BCUT2D eigenvalue weighted by Gasteiger charge is 2.29. The predicted octanol–water partition coefficient (Wildman–Crippen LogP) is 2.13. The summed E-state index contributed by atoms with van der Waals surface area (Å²) in [5, 5.41) is 4.09. The van der Waals surface area contributed by atoms with Crippen molar-refractivity contribution in [2.75, 3.05) is 39.9 Å². The van der Waals surface area contributed by atoms with E-state index in [1.54, 1.807) is 7.11 Å². The molecule has 0 unspecified atom stereocenters. The maximum absolute atomic E-state index is 11.7. The number of hydrogen-bond acceptors (Lipinski definition) is 5. The number of piperidine rings is 2. The number of rotatable bonds is 3. The van der Waals surface area contributed by atoms with Crippen molar-refractivity contribution in [1.29, 1.82) is 0 Å². The van der Waals surface area contributed by atoms with E-state index in [9.17, 15) is 4.79 Å². The van der Waals surface area contributed by atoms with E-state index in [1.807, 2.05) is 11.8 Å². The summed E-state index contributed by atoms with van der Waals surface area (Å²) in [6, 6.07) is 0.544. The zero-order valence-electron chi connectivity index (χ0n) is 12.9. The molecule has 2 fully saturated rings. The highest BCUT2D eigenvalue weighted by Crippen LogP contribution is 2.20. The van der Waals surface area contributed by atoms with Gasteiger partial charge in [-0.15, -0.1) is 12.4 Å². The second-order valence-corrected chi connectivity index (χ2v) is 5.33. The molecule has 122 valence electrons. The van der Waals surface area contributed by atoms with Gasteiger partial charge in [0.25, 0.3) is 0 Å². The molecule has 2 rings (SSSR count). The van der Waals surface area contributed by atoms with Gasteiger partial charge in [-0.2, -0.15) is 0 Å². The molecule has 0 spiro atoms. The SMILES string of the molecule is CCOC(=O)N1CCC(N2CCC/C(=N\OC)C2)CC1.Cl. The Morgan fingerprint density at radius 2 is 2.05 bits per heavy atom. The predicted molar refractivity (Wildman–Crippen MR) is 84.1 cm³/mol. The molecule has 2 aliphatic heterocycles. The molecule has 0 bridgehead atoms. The monoisotopic (exact) mass is 319 g/mol. The van der Waals surface area contributed by atoms with Crippen molar-refractivity contribution >= 4 is 24.2 Å². The van der Waals surface area contributed by atoms with E-state index in [2.05, 4.69) is 10.1 Å². The zero-order chi connectivity index (χ0) is 14.4. The molecule has 6 nitrogen and oxygen atoms in total. The summed E-state index contributed by atoms with van der Waals surface area (Å²) in [6.45, 7) is 5.88. The van der Waals surface area contributed by atoms with Crippen molar-refractivity contribution < 1.29 is 14.4 Å². The lowest BCUT2D eigenvalue weighted by Gasteiger charge is -2.39. The second kappa shape index (κ2) is 9.10. The first kappa shape index (κ1) is 18.0. The third kappa shape index (κ3) is 5.04. The number of nitrogens with zero attached hydrogens (tertiary/aromatic N) is 3. The van der Waals surface area contributed by atoms with Crippen molar-refractivity contribution in [3.05, 3.63) is 0 Å². The summed E-state index contributed by atoms with van der Waals surface area (Å²) in [7, 11) is 1.60. The Kier molecular flexibility index (Phi) is 7.82. The fourth-order valence-electron chi connectivity index (χ4n) is 3.02. The van der Waals surface area contributed by atoms with Crippen LogP contribution in [0, 0.1) is 0 Å².